The molecule has 1 aromatic carbocycles. The Labute approximate surface area is 124 Å². The molecule has 1 aromatic rings. The van der Waals surface area contributed by atoms with Gasteiger partial charge in [0.2, 0.25) is 0 Å². The highest BCUT2D eigenvalue weighted by Crippen LogP contribution is 2.18. The van der Waals surface area contributed by atoms with Crippen LogP contribution >= 0.6 is 0 Å². The number of aliphatic hydroxyl groups excluding tert-OH is 2. The molecule has 0 radical (unpaired) electrons. The molecule has 0 aromatic heterocycles. The topological polar surface area (TPSA) is 60.8 Å². The van der Waals surface area contributed by atoms with Crippen LogP contribution in [0, 0.1) is 17.7 Å². The van der Waals surface area contributed by atoms with Gasteiger partial charge >= 0.3 is 0 Å². The summed E-state index contributed by atoms with van der Waals surface area (Å²) in [5, 5.41) is 18.1. The number of benzene rings is 1. The molecule has 2 N–H and O–H groups in total. The lowest BCUT2D eigenvalue weighted by Crippen LogP contribution is -2.47. The molecule has 0 spiro atoms. The third-order valence-electron chi connectivity index (χ3n) is 3.27. The molecule has 0 saturated carbocycles. The first-order valence-corrected chi connectivity index (χ1v) is 6.62. The van der Waals surface area contributed by atoms with Gasteiger partial charge in [-0.25, -0.2) is 4.39 Å². The van der Waals surface area contributed by atoms with Crippen LogP contribution in [0.1, 0.15) is 36.2 Å². The van der Waals surface area contributed by atoms with Crippen LogP contribution in [0.15, 0.2) is 18.2 Å². The van der Waals surface area contributed by atoms with Gasteiger partial charge in [-0.15, -0.1) is 0 Å². The maximum atomic E-state index is 13.4. The summed E-state index contributed by atoms with van der Waals surface area (Å²) in [6, 6.07) is 3.80. The Kier molecular flexibility index (Phi) is 5.89. The summed E-state index contributed by atoms with van der Waals surface area (Å²) in [5.74, 6) is 4.53. The number of hydrogen-bond donors (Lipinski definition) is 2. The van der Waals surface area contributed by atoms with Crippen LogP contribution in [0.25, 0.3) is 0 Å². The zero-order valence-electron chi connectivity index (χ0n) is 12.5. The molecule has 0 aliphatic carbocycles. The molecule has 0 atom stereocenters. The molecule has 21 heavy (non-hydrogen) atoms. The standard InChI is InChI=1S/C16H20FNO3/c1-16(2,11-20)18(3)15(21)14-10-13(17)8-7-12(14)6-4-5-9-19/h7-8,10,19-20H,5,9,11H2,1-3H3. The van der Waals surface area contributed by atoms with Crippen molar-refractivity contribution in [2.45, 2.75) is 25.8 Å². The summed E-state index contributed by atoms with van der Waals surface area (Å²) in [5.41, 5.74) is -0.223. The van der Waals surface area contributed by atoms with Gasteiger partial charge in [0.25, 0.3) is 5.91 Å². The van der Waals surface area contributed by atoms with Gasteiger partial charge in [-0.05, 0) is 32.0 Å². The summed E-state index contributed by atoms with van der Waals surface area (Å²) in [6.07, 6.45) is 0.281. The van der Waals surface area contributed by atoms with E-state index in [0.717, 1.165) is 6.07 Å². The lowest BCUT2D eigenvalue weighted by Gasteiger charge is -2.34. The second-order valence-corrected chi connectivity index (χ2v) is 5.30. The van der Waals surface area contributed by atoms with Crippen LogP contribution in [0.2, 0.25) is 0 Å². The Balaban J connectivity index is 3.20. The highest BCUT2D eigenvalue weighted by atomic mass is 19.1. The lowest BCUT2D eigenvalue weighted by molar-refractivity contribution is 0.0472. The highest BCUT2D eigenvalue weighted by molar-refractivity contribution is 5.97. The number of carbonyl (C=O) groups excluding carboxylic acids is 1. The minimum absolute atomic E-state index is 0.0745. The summed E-state index contributed by atoms with van der Waals surface area (Å²) in [6.45, 7) is 3.13. The van der Waals surface area contributed by atoms with Crippen molar-refractivity contribution in [1.29, 1.82) is 0 Å². The molecule has 0 heterocycles. The molecule has 0 unspecified atom stereocenters. The Morgan fingerprint density at radius 2 is 2.05 bits per heavy atom. The van der Waals surface area contributed by atoms with E-state index in [1.807, 2.05) is 0 Å². The smallest absolute Gasteiger partial charge is 0.255 e. The van der Waals surface area contributed by atoms with Gasteiger partial charge in [0, 0.05) is 19.0 Å². The first kappa shape index (κ1) is 17.2. The summed E-state index contributed by atoms with van der Waals surface area (Å²) >= 11 is 0. The van der Waals surface area contributed by atoms with E-state index in [1.165, 1.54) is 17.0 Å². The molecule has 0 saturated heterocycles. The van der Waals surface area contributed by atoms with Crippen LogP contribution in [-0.2, 0) is 0 Å². The molecular formula is C16H20FNO3. The largest absolute Gasteiger partial charge is 0.395 e. The molecule has 0 bridgehead atoms. The highest BCUT2D eigenvalue weighted by Gasteiger charge is 2.28. The van der Waals surface area contributed by atoms with Crippen molar-refractivity contribution in [1.82, 2.24) is 4.90 Å². The zero-order chi connectivity index (χ0) is 16.0. The minimum atomic E-state index is -0.765. The second-order valence-electron chi connectivity index (χ2n) is 5.30. The molecule has 0 fully saturated rings. The van der Waals surface area contributed by atoms with E-state index in [9.17, 15) is 14.3 Å². The molecule has 0 aliphatic rings. The predicted molar refractivity (Wildman–Crippen MR) is 78.2 cm³/mol. The number of rotatable bonds is 4. The van der Waals surface area contributed by atoms with Crippen molar-refractivity contribution in [2.75, 3.05) is 20.3 Å². The number of hydrogen-bond acceptors (Lipinski definition) is 3. The van der Waals surface area contributed by atoms with Crippen molar-refractivity contribution >= 4 is 5.91 Å². The number of aliphatic hydroxyl groups is 2. The second kappa shape index (κ2) is 7.21. The third kappa shape index (κ3) is 4.28. The lowest BCUT2D eigenvalue weighted by atomic mass is 10.0. The Bertz CT molecular complexity index is 573. The predicted octanol–water partition coefficient (Wildman–Crippen LogP) is 1.40. The van der Waals surface area contributed by atoms with Crippen molar-refractivity contribution in [2.24, 2.45) is 0 Å². The Hall–Kier alpha value is -1.90. The van der Waals surface area contributed by atoms with Crippen LogP contribution in [0.3, 0.4) is 0 Å². The molecule has 1 rings (SSSR count). The minimum Gasteiger partial charge on any atom is -0.395 e. The normalized spacial score (nSPS) is 10.8. The van der Waals surface area contributed by atoms with E-state index < -0.39 is 17.3 Å². The number of likely N-dealkylation sites (N-methyl/N-ethyl adjacent to an activating group) is 1. The molecule has 0 aliphatic heterocycles. The van der Waals surface area contributed by atoms with E-state index in [1.54, 1.807) is 20.9 Å². The van der Waals surface area contributed by atoms with Gasteiger partial charge in [-0.3, -0.25) is 4.79 Å². The average Bonchev–Trinajstić information content (AvgIpc) is 2.47. The van der Waals surface area contributed by atoms with Crippen LogP contribution in [0.4, 0.5) is 4.39 Å². The van der Waals surface area contributed by atoms with E-state index >= 15 is 0 Å². The fourth-order valence-corrected chi connectivity index (χ4v) is 1.58. The molecule has 5 heteroatoms. The van der Waals surface area contributed by atoms with Crippen molar-refractivity contribution in [3.8, 4) is 11.8 Å². The van der Waals surface area contributed by atoms with Crippen LogP contribution in [-0.4, -0.2) is 46.8 Å². The number of carbonyl (C=O) groups is 1. The van der Waals surface area contributed by atoms with Gasteiger partial charge in [-0.1, -0.05) is 11.8 Å². The Morgan fingerprint density at radius 3 is 2.62 bits per heavy atom. The first-order valence-electron chi connectivity index (χ1n) is 6.62. The van der Waals surface area contributed by atoms with E-state index in [2.05, 4.69) is 11.8 Å². The van der Waals surface area contributed by atoms with Crippen molar-refractivity contribution < 1.29 is 19.4 Å². The fraction of sp³-hybridized carbons (Fsp3) is 0.438. The monoisotopic (exact) mass is 293 g/mol. The van der Waals surface area contributed by atoms with Gasteiger partial charge in [0.15, 0.2) is 0 Å². The van der Waals surface area contributed by atoms with Gasteiger partial charge in [-0.2, -0.15) is 0 Å². The Morgan fingerprint density at radius 1 is 1.38 bits per heavy atom. The van der Waals surface area contributed by atoms with Crippen LogP contribution in [0.5, 0.6) is 0 Å². The number of nitrogens with zero attached hydrogens (tertiary/aromatic N) is 1. The summed E-state index contributed by atoms with van der Waals surface area (Å²) in [7, 11) is 1.55. The summed E-state index contributed by atoms with van der Waals surface area (Å²) < 4.78 is 13.4. The maximum absolute atomic E-state index is 13.4. The van der Waals surface area contributed by atoms with Crippen molar-refractivity contribution in [3.63, 3.8) is 0 Å². The third-order valence-corrected chi connectivity index (χ3v) is 3.27. The fourth-order valence-electron chi connectivity index (χ4n) is 1.58. The average molecular weight is 293 g/mol. The van der Waals surface area contributed by atoms with Gasteiger partial charge in [0.05, 0.1) is 24.3 Å². The quantitative estimate of drug-likeness (QED) is 0.825. The van der Waals surface area contributed by atoms with Crippen LogP contribution < -0.4 is 0 Å². The van der Waals surface area contributed by atoms with E-state index in [-0.39, 0.29) is 25.2 Å². The summed E-state index contributed by atoms with van der Waals surface area (Å²) in [4.78, 5) is 13.8. The van der Waals surface area contributed by atoms with E-state index in [4.69, 9.17) is 5.11 Å². The number of amides is 1. The number of halogens is 1. The van der Waals surface area contributed by atoms with Gasteiger partial charge < -0.3 is 15.1 Å². The molecular weight excluding hydrogens is 273 g/mol. The molecule has 114 valence electrons. The maximum Gasteiger partial charge on any atom is 0.255 e. The zero-order valence-corrected chi connectivity index (χ0v) is 12.5. The molecule has 4 nitrogen and oxygen atoms in total. The SMILES string of the molecule is CN(C(=O)c1cc(F)ccc1C#CCCO)C(C)(C)CO. The molecule has 1 amide bonds. The van der Waals surface area contributed by atoms with Crippen molar-refractivity contribution in [3.05, 3.63) is 35.1 Å². The first-order chi connectivity index (χ1) is 9.83. The van der Waals surface area contributed by atoms with Gasteiger partial charge in [0.1, 0.15) is 5.82 Å². The van der Waals surface area contributed by atoms with E-state index in [0.29, 0.717) is 5.56 Å².